The summed E-state index contributed by atoms with van der Waals surface area (Å²) in [5.41, 5.74) is 0. The third kappa shape index (κ3) is 4.07. The van der Waals surface area contributed by atoms with E-state index in [0.717, 1.165) is 19.1 Å². The lowest BCUT2D eigenvalue weighted by Gasteiger charge is -2.14. The number of rotatable bonds is 7. The van der Waals surface area contributed by atoms with Crippen LogP contribution in [0.3, 0.4) is 0 Å². The zero-order valence-electron chi connectivity index (χ0n) is 8.31. The van der Waals surface area contributed by atoms with E-state index in [-0.39, 0.29) is 0 Å². The molecule has 0 amide bonds. The van der Waals surface area contributed by atoms with Gasteiger partial charge in [0.25, 0.3) is 0 Å². The van der Waals surface area contributed by atoms with E-state index in [1.165, 1.54) is 25.7 Å². The average molecular weight is 171 g/mol. The first kappa shape index (κ1) is 10.0. The quantitative estimate of drug-likeness (QED) is 0.630. The number of nitrogens with one attached hydrogen (secondary N) is 1. The Morgan fingerprint density at radius 1 is 1.50 bits per heavy atom. The molecule has 1 unspecified atom stereocenters. The summed E-state index contributed by atoms with van der Waals surface area (Å²) in [5, 5.41) is 3.27. The van der Waals surface area contributed by atoms with Crippen LogP contribution >= 0.6 is 0 Å². The fourth-order valence-corrected chi connectivity index (χ4v) is 1.32. The SMILES string of the molecule is CCCC(COCC1CC1)NC. The van der Waals surface area contributed by atoms with Crippen molar-refractivity contribution < 1.29 is 4.74 Å². The van der Waals surface area contributed by atoms with Crippen molar-refractivity contribution in [3.8, 4) is 0 Å². The monoisotopic (exact) mass is 171 g/mol. The van der Waals surface area contributed by atoms with Crippen molar-refractivity contribution in [2.45, 2.75) is 38.6 Å². The van der Waals surface area contributed by atoms with E-state index in [4.69, 9.17) is 4.74 Å². The highest BCUT2D eigenvalue weighted by molar-refractivity contribution is 4.72. The molecule has 0 radical (unpaired) electrons. The molecule has 0 aromatic rings. The molecule has 12 heavy (non-hydrogen) atoms. The van der Waals surface area contributed by atoms with E-state index >= 15 is 0 Å². The molecule has 0 aliphatic heterocycles. The smallest absolute Gasteiger partial charge is 0.0619 e. The topological polar surface area (TPSA) is 21.3 Å². The lowest BCUT2D eigenvalue weighted by molar-refractivity contribution is 0.102. The van der Waals surface area contributed by atoms with Gasteiger partial charge in [-0.3, -0.25) is 0 Å². The van der Waals surface area contributed by atoms with Gasteiger partial charge in [-0.05, 0) is 32.2 Å². The Kier molecular flexibility index (Phi) is 4.62. The van der Waals surface area contributed by atoms with Crippen molar-refractivity contribution in [3.63, 3.8) is 0 Å². The third-order valence-corrected chi connectivity index (χ3v) is 2.41. The first-order valence-electron chi connectivity index (χ1n) is 5.11. The minimum atomic E-state index is 0.564. The Morgan fingerprint density at radius 2 is 2.25 bits per heavy atom. The van der Waals surface area contributed by atoms with Crippen molar-refractivity contribution in [2.75, 3.05) is 20.3 Å². The Morgan fingerprint density at radius 3 is 2.75 bits per heavy atom. The van der Waals surface area contributed by atoms with Gasteiger partial charge in [0, 0.05) is 12.6 Å². The Hall–Kier alpha value is -0.0800. The minimum absolute atomic E-state index is 0.564. The summed E-state index contributed by atoms with van der Waals surface area (Å²) in [6, 6.07) is 0.564. The minimum Gasteiger partial charge on any atom is -0.380 e. The van der Waals surface area contributed by atoms with Crippen LogP contribution in [0.15, 0.2) is 0 Å². The van der Waals surface area contributed by atoms with Crippen molar-refractivity contribution in [2.24, 2.45) is 5.92 Å². The summed E-state index contributed by atoms with van der Waals surface area (Å²) in [6.07, 6.45) is 5.23. The predicted octanol–water partition coefficient (Wildman–Crippen LogP) is 1.80. The molecular formula is C10H21NO. The Balaban J connectivity index is 1.93. The van der Waals surface area contributed by atoms with Gasteiger partial charge in [0.2, 0.25) is 0 Å². The molecule has 1 fully saturated rings. The predicted molar refractivity (Wildman–Crippen MR) is 51.3 cm³/mol. The molecule has 1 saturated carbocycles. The van der Waals surface area contributed by atoms with Crippen LogP contribution in [0.4, 0.5) is 0 Å². The van der Waals surface area contributed by atoms with E-state index in [1.54, 1.807) is 0 Å². The van der Waals surface area contributed by atoms with Gasteiger partial charge in [-0.1, -0.05) is 13.3 Å². The summed E-state index contributed by atoms with van der Waals surface area (Å²) < 4.78 is 5.60. The highest BCUT2D eigenvalue weighted by Crippen LogP contribution is 2.28. The van der Waals surface area contributed by atoms with Crippen LogP contribution in [-0.4, -0.2) is 26.3 Å². The van der Waals surface area contributed by atoms with Crippen molar-refractivity contribution in [3.05, 3.63) is 0 Å². The molecule has 0 aromatic carbocycles. The van der Waals surface area contributed by atoms with Gasteiger partial charge in [-0.2, -0.15) is 0 Å². The zero-order valence-corrected chi connectivity index (χ0v) is 8.31. The maximum absolute atomic E-state index is 5.60. The lowest BCUT2D eigenvalue weighted by Crippen LogP contribution is -2.30. The number of hydrogen-bond donors (Lipinski definition) is 1. The van der Waals surface area contributed by atoms with Gasteiger partial charge in [0.1, 0.15) is 0 Å². The Labute approximate surface area is 75.7 Å². The number of ether oxygens (including phenoxy) is 1. The maximum atomic E-state index is 5.60. The molecule has 0 heterocycles. The number of hydrogen-bond acceptors (Lipinski definition) is 2. The second kappa shape index (κ2) is 5.55. The van der Waals surface area contributed by atoms with Crippen LogP contribution < -0.4 is 5.32 Å². The summed E-state index contributed by atoms with van der Waals surface area (Å²) in [7, 11) is 2.01. The number of likely N-dealkylation sites (N-methyl/N-ethyl adjacent to an activating group) is 1. The highest BCUT2D eigenvalue weighted by atomic mass is 16.5. The third-order valence-electron chi connectivity index (χ3n) is 2.41. The summed E-state index contributed by atoms with van der Waals surface area (Å²) in [5.74, 6) is 0.893. The zero-order chi connectivity index (χ0) is 8.81. The maximum Gasteiger partial charge on any atom is 0.0619 e. The molecule has 0 saturated heterocycles. The normalized spacial score (nSPS) is 19.5. The van der Waals surface area contributed by atoms with Crippen molar-refractivity contribution in [1.82, 2.24) is 5.32 Å². The molecule has 0 aromatic heterocycles. The first-order valence-corrected chi connectivity index (χ1v) is 5.11. The van der Waals surface area contributed by atoms with Gasteiger partial charge in [-0.25, -0.2) is 0 Å². The van der Waals surface area contributed by atoms with Gasteiger partial charge in [-0.15, -0.1) is 0 Å². The fraction of sp³-hybridized carbons (Fsp3) is 1.00. The highest BCUT2D eigenvalue weighted by Gasteiger charge is 2.21. The standard InChI is InChI=1S/C10H21NO/c1-3-4-10(11-2)8-12-7-9-5-6-9/h9-11H,3-8H2,1-2H3. The van der Waals surface area contributed by atoms with Gasteiger partial charge < -0.3 is 10.1 Å². The van der Waals surface area contributed by atoms with Crippen molar-refractivity contribution in [1.29, 1.82) is 0 Å². The van der Waals surface area contributed by atoms with Gasteiger partial charge >= 0.3 is 0 Å². The summed E-state index contributed by atoms with van der Waals surface area (Å²) in [4.78, 5) is 0. The van der Waals surface area contributed by atoms with Crippen LogP contribution in [0.1, 0.15) is 32.6 Å². The molecule has 1 aliphatic rings. The second-order valence-electron chi connectivity index (χ2n) is 3.76. The van der Waals surface area contributed by atoms with Crippen LogP contribution in [0.5, 0.6) is 0 Å². The molecule has 1 aliphatic carbocycles. The molecule has 2 nitrogen and oxygen atoms in total. The average Bonchev–Trinajstić information content (AvgIpc) is 2.87. The largest absolute Gasteiger partial charge is 0.380 e. The van der Waals surface area contributed by atoms with E-state index in [2.05, 4.69) is 12.2 Å². The molecular weight excluding hydrogens is 150 g/mol. The summed E-state index contributed by atoms with van der Waals surface area (Å²) in [6.45, 7) is 4.09. The van der Waals surface area contributed by atoms with E-state index < -0.39 is 0 Å². The van der Waals surface area contributed by atoms with Crippen LogP contribution in [0, 0.1) is 5.92 Å². The molecule has 0 spiro atoms. The molecule has 1 N–H and O–H groups in total. The fourth-order valence-electron chi connectivity index (χ4n) is 1.32. The Bertz CT molecular complexity index is 112. The van der Waals surface area contributed by atoms with Crippen LogP contribution in [0.2, 0.25) is 0 Å². The van der Waals surface area contributed by atoms with E-state index in [9.17, 15) is 0 Å². The van der Waals surface area contributed by atoms with Crippen LogP contribution in [-0.2, 0) is 4.74 Å². The van der Waals surface area contributed by atoms with Gasteiger partial charge in [0.05, 0.1) is 6.61 Å². The van der Waals surface area contributed by atoms with E-state index in [1.807, 2.05) is 7.05 Å². The molecule has 1 atom stereocenters. The van der Waals surface area contributed by atoms with Crippen molar-refractivity contribution >= 4 is 0 Å². The molecule has 1 rings (SSSR count). The van der Waals surface area contributed by atoms with Gasteiger partial charge in [0.15, 0.2) is 0 Å². The second-order valence-corrected chi connectivity index (χ2v) is 3.76. The molecule has 0 bridgehead atoms. The van der Waals surface area contributed by atoms with Crippen LogP contribution in [0.25, 0.3) is 0 Å². The lowest BCUT2D eigenvalue weighted by atomic mass is 10.2. The first-order chi connectivity index (χ1) is 5.86. The van der Waals surface area contributed by atoms with E-state index in [0.29, 0.717) is 6.04 Å². The summed E-state index contributed by atoms with van der Waals surface area (Å²) >= 11 is 0. The molecule has 2 heteroatoms. The molecule has 72 valence electrons.